The molecule has 0 spiro atoms. The second-order valence-corrected chi connectivity index (χ2v) is 7.64. The van der Waals surface area contributed by atoms with Gasteiger partial charge in [0.15, 0.2) is 0 Å². The van der Waals surface area contributed by atoms with Gasteiger partial charge in [-0.05, 0) is 31.0 Å². The number of carbonyl (C=O) groups is 1. The van der Waals surface area contributed by atoms with Crippen molar-refractivity contribution < 1.29 is 13.2 Å². The normalized spacial score (nSPS) is 16.7. The van der Waals surface area contributed by atoms with Gasteiger partial charge in [-0.2, -0.15) is 4.31 Å². The fraction of sp³-hybridized carbons (Fsp3) is 0.562. The molecule has 1 amide bonds. The van der Waals surface area contributed by atoms with Crippen molar-refractivity contribution in [1.82, 2.24) is 9.21 Å². The van der Waals surface area contributed by atoms with Gasteiger partial charge in [0, 0.05) is 32.6 Å². The van der Waals surface area contributed by atoms with E-state index in [0.29, 0.717) is 37.5 Å². The lowest BCUT2D eigenvalue weighted by Gasteiger charge is -2.34. The smallest absolute Gasteiger partial charge is 0.243 e. The van der Waals surface area contributed by atoms with Crippen LogP contribution in [0, 0.1) is 6.92 Å². The summed E-state index contributed by atoms with van der Waals surface area (Å²) in [7, 11) is -3.46. The molecule has 5 nitrogen and oxygen atoms in total. The fourth-order valence-electron chi connectivity index (χ4n) is 2.59. The second-order valence-electron chi connectivity index (χ2n) is 5.70. The van der Waals surface area contributed by atoms with Crippen molar-refractivity contribution in [1.29, 1.82) is 0 Å². The molecule has 22 heavy (non-hydrogen) atoms. The molecule has 122 valence electrons. The first-order valence-electron chi connectivity index (χ1n) is 7.79. The molecule has 1 aliphatic rings. The lowest BCUT2D eigenvalue weighted by Crippen LogP contribution is -2.50. The van der Waals surface area contributed by atoms with Crippen LogP contribution in [0.2, 0.25) is 0 Å². The van der Waals surface area contributed by atoms with E-state index < -0.39 is 10.0 Å². The first kappa shape index (κ1) is 17.0. The van der Waals surface area contributed by atoms with E-state index >= 15 is 0 Å². The number of benzene rings is 1. The number of sulfonamides is 1. The number of carbonyl (C=O) groups excluding carboxylic acids is 1. The van der Waals surface area contributed by atoms with Crippen LogP contribution in [0.5, 0.6) is 0 Å². The number of unbranched alkanes of at least 4 members (excludes halogenated alkanes) is 1. The molecule has 1 aromatic rings. The van der Waals surface area contributed by atoms with Gasteiger partial charge in [-0.25, -0.2) is 8.42 Å². The summed E-state index contributed by atoms with van der Waals surface area (Å²) in [5.41, 5.74) is 0.925. The average Bonchev–Trinajstić information content (AvgIpc) is 2.52. The summed E-state index contributed by atoms with van der Waals surface area (Å²) in [5.74, 6) is 0.134. The van der Waals surface area contributed by atoms with Gasteiger partial charge < -0.3 is 4.90 Å². The Balaban J connectivity index is 2.00. The van der Waals surface area contributed by atoms with Crippen LogP contribution >= 0.6 is 0 Å². The lowest BCUT2D eigenvalue weighted by atomic mass is 10.2. The number of aryl methyl sites for hydroxylation is 1. The highest BCUT2D eigenvalue weighted by Gasteiger charge is 2.29. The van der Waals surface area contributed by atoms with Gasteiger partial charge in [0.05, 0.1) is 4.90 Å². The number of hydrogen-bond acceptors (Lipinski definition) is 3. The van der Waals surface area contributed by atoms with E-state index in [-0.39, 0.29) is 5.91 Å². The summed E-state index contributed by atoms with van der Waals surface area (Å²) in [6, 6.07) is 6.95. The summed E-state index contributed by atoms with van der Waals surface area (Å²) < 4.78 is 26.7. The van der Waals surface area contributed by atoms with Crippen molar-refractivity contribution in [2.45, 2.75) is 38.0 Å². The predicted molar refractivity (Wildman–Crippen MR) is 86.0 cm³/mol. The maximum absolute atomic E-state index is 12.6. The Morgan fingerprint density at radius 1 is 1.18 bits per heavy atom. The van der Waals surface area contributed by atoms with E-state index in [1.165, 1.54) is 4.31 Å². The van der Waals surface area contributed by atoms with Crippen LogP contribution in [0.25, 0.3) is 0 Å². The zero-order chi connectivity index (χ0) is 16.2. The van der Waals surface area contributed by atoms with Crippen molar-refractivity contribution >= 4 is 15.9 Å². The number of rotatable bonds is 5. The third kappa shape index (κ3) is 3.87. The zero-order valence-electron chi connectivity index (χ0n) is 13.3. The minimum Gasteiger partial charge on any atom is -0.340 e. The molecule has 0 bridgehead atoms. The van der Waals surface area contributed by atoms with Crippen molar-refractivity contribution in [3.63, 3.8) is 0 Å². The highest BCUT2D eigenvalue weighted by atomic mass is 32.2. The third-order valence-corrected chi connectivity index (χ3v) is 5.86. The first-order chi connectivity index (χ1) is 10.4. The van der Waals surface area contributed by atoms with Crippen molar-refractivity contribution in [3.8, 4) is 0 Å². The van der Waals surface area contributed by atoms with Gasteiger partial charge in [-0.1, -0.05) is 25.5 Å². The van der Waals surface area contributed by atoms with Gasteiger partial charge in [-0.3, -0.25) is 4.79 Å². The summed E-state index contributed by atoms with van der Waals surface area (Å²) in [5, 5.41) is 0. The average molecular weight is 324 g/mol. The predicted octanol–water partition coefficient (Wildman–Crippen LogP) is 2.02. The van der Waals surface area contributed by atoms with Crippen LogP contribution in [0.1, 0.15) is 31.7 Å². The molecule has 0 N–H and O–H groups in total. The number of nitrogens with zero attached hydrogens (tertiary/aromatic N) is 2. The minimum atomic E-state index is -3.46. The molecule has 6 heteroatoms. The highest BCUT2D eigenvalue weighted by molar-refractivity contribution is 7.89. The molecule has 1 fully saturated rings. The maximum Gasteiger partial charge on any atom is 0.243 e. The molecule has 1 aromatic carbocycles. The van der Waals surface area contributed by atoms with E-state index in [0.717, 1.165) is 18.4 Å². The lowest BCUT2D eigenvalue weighted by molar-refractivity contribution is -0.132. The van der Waals surface area contributed by atoms with Crippen LogP contribution in [0.3, 0.4) is 0 Å². The number of amides is 1. The Bertz CT molecular complexity index is 620. The summed E-state index contributed by atoms with van der Waals surface area (Å²) in [6.45, 7) is 5.63. The molecule has 0 radical (unpaired) electrons. The van der Waals surface area contributed by atoms with Gasteiger partial charge in [0.25, 0.3) is 0 Å². The van der Waals surface area contributed by atoms with Gasteiger partial charge in [-0.15, -0.1) is 0 Å². The number of hydrogen-bond donors (Lipinski definition) is 0. The minimum absolute atomic E-state index is 0.134. The molecule has 1 heterocycles. The topological polar surface area (TPSA) is 57.7 Å². The van der Waals surface area contributed by atoms with E-state index in [1.54, 1.807) is 23.1 Å². The van der Waals surface area contributed by atoms with E-state index in [9.17, 15) is 13.2 Å². The van der Waals surface area contributed by atoms with Crippen LogP contribution in [-0.2, 0) is 14.8 Å². The Morgan fingerprint density at radius 3 is 2.45 bits per heavy atom. The van der Waals surface area contributed by atoms with Crippen LogP contribution < -0.4 is 0 Å². The quantitative estimate of drug-likeness (QED) is 0.832. The van der Waals surface area contributed by atoms with Crippen molar-refractivity contribution in [2.75, 3.05) is 26.2 Å². The Labute approximate surface area is 133 Å². The third-order valence-electron chi connectivity index (χ3n) is 3.96. The monoisotopic (exact) mass is 324 g/mol. The van der Waals surface area contributed by atoms with E-state index in [4.69, 9.17) is 0 Å². The summed E-state index contributed by atoms with van der Waals surface area (Å²) in [6.07, 6.45) is 2.44. The molecule has 2 rings (SSSR count). The molecule has 1 aliphatic heterocycles. The van der Waals surface area contributed by atoms with E-state index in [2.05, 4.69) is 6.92 Å². The maximum atomic E-state index is 12.6. The molecular weight excluding hydrogens is 300 g/mol. The Kier molecular flexibility index (Phi) is 5.58. The zero-order valence-corrected chi connectivity index (χ0v) is 14.1. The SMILES string of the molecule is CCCCC(=O)N1CCN(S(=O)(=O)c2cccc(C)c2)CC1. The van der Waals surface area contributed by atoms with Gasteiger partial charge in [0.1, 0.15) is 0 Å². The molecule has 1 saturated heterocycles. The molecular formula is C16H24N2O3S. The molecule has 0 saturated carbocycles. The standard InChI is InChI=1S/C16H24N2O3S/c1-3-4-8-16(19)17-9-11-18(12-10-17)22(20,21)15-7-5-6-14(2)13-15/h5-7,13H,3-4,8-12H2,1-2H3. The largest absolute Gasteiger partial charge is 0.340 e. The molecule has 0 aliphatic carbocycles. The van der Waals surface area contributed by atoms with Crippen LogP contribution in [0.15, 0.2) is 29.2 Å². The fourth-order valence-corrected chi connectivity index (χ4v) is 4.12. The van der Waals surface area contributed by atoms with Crippen LogP contribution in [-0.4, -0.2) is 49.7 Å². The number of piperazine rings is 1. The van der Waals surface area contributed by atoms with Crippen LogP contribution in [0.4, 0.5) is 0 Å². The van der Waals surface area contributed by atoms with Gasteiger partial charge >= 0.3 is 0 Å². The summed E-state index contributed by atoms with van der Waals surface area (Å²) in [4.78, 5) is 14.1. The Hall–Kier alpha value is -1.40. The Morgan fingerprint density at radius 2 is 1.86 bits per heavy atom. The van der Waals surface area contributed by atoms with Crippen molar-refractivity contribution in [2.24, 2.45) is 0 Å². The molecule has 0 atom stereocenters. The molecule has 0 aromatic heterocycles. The summed E-state index contributed by atoms with van der Waals surface area (Å²) >= 11 is 0. The van der Waals surface area contributed by atoms with Crippen molar-refractivity contribution in [3.05, 3.63) is 29.8 Å². The first-order valence-corrected chi connectivity index (χ1v) is 9.23. The molecule has 0 unspecified atom stereocenters. The van der Waals surface area contributed by atoms with Gasteiger partial charge in [0.2, 0.25) is 15.9 Å². The second kappa shape index (κ2) is 7.24. The van der Waals surface area contributed by atoms with E-state index in [1.807, 2.05) is 13.0 Å². The highest BCUT2D eigenvalue weighted by Crippen LogP contribution is 2.19.